The molecule has 3 saturated carbocycles. The molecule has 6 aliphatic rings. The predicted octanol–water partition coefficient (Wildman–Crippen LogP) is 4.87. The smallest absolute Gasteiger partial charge is 0.226 e. The van der Waals surface area contributed by atoms with Gasteiger partial charge in [0.15, 0.2) is 0 Å². The van der Waals surface area contributed by atoms with E-state index in [2.05, 4.69) is 53.3 Å². The molecule has 1 spiro atoms. The van der Waals surface area contributed by atoms with Gasteiger partial charge in [0.2, 0.25) is 5.91 Å². The number of carbonyl (C=O) groups excluding carboxylic acids is 2. The first-order valence-corrected chi connectivity index (χ1v) is 16.9. The average molecular weight is 578 g/mol. The van der Waals surface area contributed by atoms with Gasteiger partial charge >= 0.3 is 0 Å². The summed E-state index contributed by atoms with van der Waals surface area (Å²) in [7, 11) is 0. The van der Waals surface area contributed by atoms with Gasteiger partial charge in [0.25, 0.3) is 0 Å². The quantitative estimate of drug-likeness (QED) is 0.485. The third-order valence-electron chi connectivity index (χ3n) is 13.2. The number of H-pyrrole nitrogens is 1. The second-order valence-electron chi connectivity index (χ2n) is 15.4. The van der Waals surface area contributed by atoms with Crippen LogP contribution >= 0.6 is 0 Å². The number of carbonyl (C=O) groups is 2. The minimum atomic E-state index is -0.0802. The zero-order chi connectivity index (χ0) is 29.2. The summed E-state index contributed by atoms with van der Waals surface area (Å²) in [5.74, 6) is 4.41. The minimum absolute atomic E-state index is 0.00344. The van der Waals surface area contributed by atoms with Crippen LogP contribution in [0.4, 0.5) is 0 Å². The third kappa shape index (κ3) is 4.79. The van der Waals surface area contributed by atoms with E-state index in [0.717, 1.165) is 63.5 Å². The van der Waals surface area contributed by atoms with Crippen LogP contribution in [0.15, 0.2) is 17.3 Å². The van der Waals surface area contributed by atoms with Crippen LogP contribution in [-0.2, 0) is 20.7 Å². The number of hydrogen-bond acceptors (Lipinski definition) is 6. The lowest BCUT2D eigenvalue weighted by atomic mass is 9.52. The molecule has 0 unspecified atom stereocenters. The van der Waals surface area contributed by atoms with Crippen molar-refractivity contribution in [2.75, 3.05) is 19.6 Å². The maximum Gasteiger partial charge on any atom is 0.226 e. The zero-order valence-electron chi connectivity index (χ0n) is 26.2. The summed E-state index contributed by atoms with van der Waals surface area (Å²) < 4.78 is 7.25. The van der Waals surface area contributed by atoms with Crippen LogP contribution in [0.1, 0.15) is 97.6 Å². The molecular formula is C34H51N5O3. The van der Waals surface area contributed by atoms with E-state index in [0.29, 0.717) is 53.2 Å². The number of nitrogens with zero attached hydrogens (tertiary/aromatic N) is 3. The minimum Gasteiger partial charge on any atom is -0.369 e. The Morgan fingerprint density at radius 1 is 1.21 bits per heavy atom. The molecule has 8 nitrogen and oxygen atoms in total. The third-order valence-corrected chi connectivity index (χ3v) is 13.2. The molecule has 1 amide bonds. The topological polar surface area (TPSA) is 100 Å². The Balaban J connectivity index is 1.05. The molecule has 2 aliphatic heterocycles. The molecule has 1 aromatic rings. The molecule has 42 heavy (non-hydrogen) atoms. The highest BCUT2D eigenvalue weighted by Crippen LogP contribution is 2.65. The number of allylic oxidation sites excluding steroid dienone is 1. The zero-order valence-corrected chi connectivity index (χ0v) is 26.2. The van der Waals surface area contributed by atoms with Gasteiger partial charge in [-0.15, -0.1) is 0 Å². The Hall–Kier alpha value is -2.06. The lowest BCUT2D eigenvalue weighted by Crippen LogP contribution is -2.53. The number of hydrogen-bond donors (Lipinski definition) is 2. The van der Waals surface area contributed by atoms with Crippen molar-refractivity contribution < 1.29 is 14.3 Å². The van der Waals surface area contributed by atoms with Crippen molar-refractivity contribution in [1.29, 1.82) is 0 Å². The number of nitrogens with one attached hydrogen (secondary N) is 2. The van der Waals surface area contributed by atoms with Gasteiger partial charge in [0, 0.05) is 44.4 Å². The Kier molecular flexibility index (Phi) is 7.40. The summed E-state index contributed by atoms with van der Waals surface area (Å²) in [5, 5.41) is 13.5. The van der Waals surface area contributed by atoms with Gasteiger partial charge in [-0.3, -0.25) is 14.5 Å². The molecule has 230 valence electrons. The van der Waals surface area contributed by atoms with Crippen molar-refractivity contribution in [2.24, 2.45) is 40.9 Å². The number of rotatable bonds is 5. The van der Waals surface area contributed by atoms with Crippen LogP contribution < -0.4 is 5.32 Å². The number of piperidine rings is 1. The summed E-state index contributed by atoms with van der Waals surface area (Å²) in [5.41, 5.74) is 4.32. The van der Waals surface area contributed by atoms with E-state index in [4.69, 9.17) is 4.74 Å². The Bertz CT molecular complexity index is 1230. The standard InChI is InChI=1S/C34H51N5O3/c1-20-13-30-32(39(19-20)12-11-35-31(41)15-24-18-36-38-37-24)22(3)34(42-30)10-8-26-27-6-5-23-14-25(40)7-9-33(23,4)29(27)16-28(26)21(2)17-34/h18,20,22-23,26-27,29-30,32H,5-17,19H2,1-4H3,(H,35,41)(H,36,37,38)/t20-,22+,23+,26-,27-,29-,30+,32-,33-,34-/m0/s1. The van der Waals surface area contributed by atoms with Crippen molar-refractivity contribution >= 4 is 11.7 Å². The molecule has 0 radical (unpaired) electrons. The summed E-state index contributed by atoms with van der Waals surface area (Å²) in [6, 6.07) is 0.409. The number of aromatic nitrogens is 3. The highest BCUT2D eigenvalue weighted by molar-refractivity contribution is 5.79. The van der Waals surface area contributed by atoms with Gasteiger partial charge in [-0.05, 0) is 93.3 Å². The van der Waals surface area contributed by atoms with Gasteiger partial charge < -0.3 is 10.1 Å². The first-order valence-electron chi connectivity index (χ1n) is 16.9. The van der Waals surface area contributed by atoms with E-state index in [1.165, 1.54) is 25.7 Å². The molecule has 4 aliphatic carbocycles. The molecule has 2 saturated heterocycles. The van der Waals surface area contributed by atoms with Crippen molar-refractivity contribution in [3.05, 3.63) is 23.0 Å². The van der Waals surface area contributed by atoms with E-state index in [9.17, 15) is 9.59 Å². The van der Waals surface area contributed by atoms with Crippen molar-refractivity contribution in [1.82, 2.24) is 25.6 Å². The van der Waals surface area contributed by atoms with E-state index in [1.54, 1.807) is 17.3 Å². The van der Waals surface area contributed by atoms with Crippen LogP contribution in [0.5, 0.6) is 0 Å². The first kappa shape index (κ1) is 28.7. The molecule has 5 fully saturated rings. The molecule has 8 heteroatoms. The second kappa shape index (κ2) is 10.8. The van der Waals surface area contributed by atoms with Crippen LogP contribution in [-0.4, -0.2) is 69.4 Å². The molecule has 7 rings (SSSR count). The molecule has 0 bridgehead atoms. The lowest BCUT2D eigenvalue weighted by Gasteiger charge is -2.52. The Morgan fingerprint density at radius 2 is 2.07 bits per heavy atom. The summed E-state index contributed by atoms with van der Waals surface area (Å²) >= 11 is 0. The van der Waals surface area contributed by atoms with Crippen LogP contribution in [0.2, 0.25) is 0 Å². The number of fused-ring (bicyclic) bond motifs is 6. The van der Waals surface area contributed by atoms with Crippen molar-refractivity contribution in [3.63, 3.8) is 0 Å². The van der Waals surface area contributed by atoms with Gasteiger partial charge in [0.1, 0.15) is 5.78 Å². The van der Waals surface area contributed by atoms with E-state index in [-0.39, 0.29) is 24.0 Å². The number of ether oxygens (including phenoxy) is 1. The van der Waals surface area contributed by atoms with Gasteiger partial charge in [-0.1, -0.05) is 31.9 Å². The fourth-order valence-corrected chi connectivity index (χ4v) is 11.1. The van der Waals surface area contributed by atoms with Crippen molar-refractivity contribution in [2.45, 2.75) is 116 Å². The van der Waals surface area contributed by atoms with E-state index < -0.39 is 0 Å². The highest BCUT2D eigenvalue weighted by Gasteiger charge is 2.60. The molecule has 2 N–H and O–H groups in total. The fraction of sp³-hybridized carbons (Fsp3) is 0.824. The number of ketones is 1. The van der Waals surface area contributed by atoms with E-state index >= 15 is 0 Å². The monoisotopic (exact) mass is 577 g/mol. The predicted molar refractivity (Wildman–Crippen MR) is 160 cm³/mol. The maximum atomic E-state index is 12.5. The van der Waals surface area contributed by atoms with Gasteiger partial charge in [-0.2, -0.15) is 15.4 Å². The normalized spacial score (nSPS) is 43.5. The molecule has 10 atom stereocenters. The number of aromatic amines is 1. The lowest BCUT2D eigenvalue weighted by molar-refractivity contribution is -0.130. The average Bonchev–Trinajstić information content (AvgIpc) is 3.63. The Morgan fingerprint density at radius 3 is 2.88 bits per heavy atom. The molecule has 0 aromatic carbocycles. The van der Waals surface area contributed by atoms with E-state index in [1.807, 2.05) is 0 Å². The number of Topliss-reactive ketones (excluding diaryl/α,β-unsaturated/α-hetero) is 1. The number of amides is 1. The number of likely N-dealkylation sites (tertiary alicyclic amines) is 1. The molecule has 3 heterocycles. The Labute approximate surface area is 251 Å². The summed E-state index contributed by atoms with van der Waals surface area (Å²) in [6.07, 6.45) is 13.3. The SMILES string of the molecule is CC1=C2C[C@H]3[C@@H](CC[C@@H]4CC(=O)CC[C@@]43C)[C@@H]2CC[C@@]2(C1)O[C@@H]1C[C@H](C)CN(CCNC(=O)Cc3cn[nH]n3)[C@H]1[C@H]2C. The van der Waals surface area contributed by atoms with Crippen LogP contribution in [0.25, 0.3) is 0 Å². The van der Waals surface area contributed by atoms with Gasteiger partial charge in [0.05, 0.1) is 30.0 Å². The summed E-state index contributed by atoms with van der Waals surface area (Å²) in [4.78, 5) is 27.4. The van der Waals surface area contributed by atoms with Crippen molar-refractivity contribution in [3.8, 4) is 0 Å². The molecular weight excluding hydrogens is 526 g/mol. The van der Waals surface area contributed by atoms with Crippen LogP contribution in [0.3, 0.4) is 0 Å². The maximum absolute atomic E-state index is 12.5. The first-order chi connectivity index (χ1) is 20.2. The second-order valence-corrected chi connectivity index (χ2v) is 15.4. The van der Waals surface area contributed by atoms with Gasteiger partial charge in [-0.25, -0.2) is 0 Å². The largest absolute Gasteiger partial charge is 0.369 e. The summed E-state index contributed by atoms with van der Waals surface area (Å²) in [6.45, 7) is 12.4. The fourth-order valence-electron chi connectivity index (χ4n) is 11.1. The molecule has 1 aromatic heterocycles. The van der Waals surface area contributed by atoms with Crippen LogP contribution in [0, 0.1) is 40.9 Å². The highest BCUT2D eigenvalue weighted by atomic mass is 16.5.